The molecule has 0 atom stereocenters. The lowest BCUT2D eigenvalue weighted by atomic mass is 9.98. The number of unbranched alkanes of at least 4 members (excludes halogenated alkanes) is 15. The Morgan fingerprint density at radius 3 is 1.47 bits per heavy atom. The van der Waals surface area contributed by atoms with Gasteiger partial charge in [0.1, 0.15) is 0 Å². The maximum atomic E-state index is 10.4. The van der Waals surface area contributed by atoms with Crippen molar-refractivity contribution in [2.24, 2.45) is 0 Å². The molecule has 2 aromatic carbocycles. The third-order valence-electron chi connectivity index (χ3n) is 6.62. The molecule has 2 aromatic rings. The Morgan fingerprint density at radius 1 is 0.500 bits per heavy atom. The molecular formula is C30H46O2. The summed E-state index contributed by atoms with van der Waals surface area (Å²) < 4.78 is 0. The predicted molar refractivity (Wildman–Crippen MR) is 138 cm³/mol. The molecule has 0 bridgehead atoms. The minimum absolute atomic E-state index is 0.00481. The lowest BCUT2D eigenvalue weighted by molar-refractivity contribution is 0.400. The summed E-state index contributed by atoms with van der Waals surface area (Å²) in [6.07, 6.45) is 22.6. The monoisotopic (exact) mass is 438 g/mol. The van der Waals surface area contributed by atoms with E-state index in [9.17, 15) is 10.2 Å². The van der Waals surface area contributed by atoms with Crippen molar-refractivity contribution in [2.75, 3.05) is 0 Å². The summed E-state index contributed by atoms with van der Waals surface area (Å²) in [5.41, 5.74) is 2.47. The van der Waals surface area contributed by atoms with Gasteiger partial charge < -0.3 is 10.2 Å². The van der Waals surface area contributed by atoms with Gasteiger partial charge in [0.05, 0.1) is 0 Å². The fraction of sp³-hybridized carbons (Fsp3) is 0.600. The summed E-state index contributed by atoms with van der Waals surface area (Å²) in [7, 11) is 0. The molecule has 2 rings (SSSR count). The maximum absolute atomic E-state index is 10.4. The van der Waals surface area contributed by atoms with E-state index in [-0.39, 0.29) is 11.5 Å². The van der Waals surface area contributed by atoms with Crippen molar-refractivity contribution < 1.29 is 10.2 Å². The van der Waals surface area contributed by atoms with Gasteiger partial charge in [-0.2, -0.15) is 0 Å². The highest BCUT2D eigenvalue weighted by atomic mass is 16.3. The number of rotatable bonds is 18. The number of aromatic hydroxyl groups is 2. The van der Waals surface area contributed by atoms with Crippen molar-refractivity contribution in [2.45, 2.75) is 116 Å². The first-order valence-electron chi connectivity index (χ1n) is 13.3. The summed E-state index contributed by atoms with van der Waals surface area (Å²) >= 11 is 0. The molecule has 0 saturated heterocycles. The molecule has 0 aliphatic rings. The number of hydrogen-bond donors (Lipinski definition) is 2. The van der Waals surface area contributed by atoms with Crippen LogP contribution in [0.4, 0.5) is 0 Å². The summed E-state index contributed by atoms with van der Waals surface area (Å²) in [6, 6.07) is 13.6. The van der Waals surface area contributed by atoms with Gasteiger partial charge in [0.15, 0.2) is 11.5 Å². The van der Waals surface area contributed by atoms with Gasteiger partial charge in [-0.05, 0) is 24.0 Å². The van der Waals surface area contributed by atoms with Crippen LogP contribution in [-0.4, -0.2) is 10.2 Å². The van der Waals surface area contributed by atoms with Crippen molar-refractivity contribution in [1.29, 1.82) is 0 Å². The Morgan fingerprint density at radius 2 is 0.969 bits per heavy atom. The summed E-state index contributed by atoms with van der Waals surface area (Å²) in [6.45, 7) is 2.28. The van der Waals surface area contributed by atoms with Crippen molar-refractivity contribution in [3.63, 3.8) is 0 Å². The Hall–Kier alpha value is -1.96. The molecule has 0 amide bonds. The molecule has 2 N–H and O–H groups in total. The normalized spacial score (nSPS) is 11.2. The Bertz CT molecular complexity index is 723. The van der Waals surface area contributed by atoms with E-state index in [0.29, 0.717) is 5.56 Å². The number of hydrogen-bond acceptors (Lipinski definition) is 2. The Kier molecular flexibility index (Phi) is 13.7. The second kappa shape index (κ2) is 16.6. The maximum Gasteiger partial charge on any atom is 0.165 e. The molecule has 0 unspecified atom stereocenters. The van der Waals surface area contributed by atoms with E-state index in [1.165, 1.54) is 96.3 Å². The zero-order chi connectivity index (χ0) is 22.9. The molecule has 32 heavy (non-hydrogen) atoms. The predicted octanol–water partition coefficient (Wildman–Crippen LogP) is 9.57. The Labute approximate surface area is 197 Å². The average molecular weight is 439 g/mol. The van der Waals surface area contributed by atoms with Gasteiger partial charge in [-0.3, -0.25) is 0 Å². The van der Waals surface area contributed by atoms with Crippen molar-refractivity contribution in [1.82, 2.24) is 0 Å². The SMILES string of the molecule is CCCCCCCCCCCCCCCCCCc1ccc(-c2ccccc2)c(O)c1O. The average Bonchev–Trinajstić information content (AvgIpc) is 2.82. The van der Waals surface area contributed by atoms with Gasteiger partial charge in [-0.25, -0.2) is 0 Å². The fourth-order valence-electron chi connectivity index (χ4n) is 4.54. The van der Waals surface area contributed by atoms with Crippen LogP contribution in [0.25, 0.3) is 11.1 Å². The van der Waals surface area contributed by atoms with Crippen LogP contribution in [0.3, 0.4) is 0 Å². The van der Waals surface area contributed by atoms with Gasteiger partial charge in [0.2, 0.25) is 0 Å². The lowest BCUT2D eigenvalue weighted by Gasteiger charge is -2.11. The molecule has 0 saturated carbocycles. The third-order valence-corrected chi connectivity index (χ3v) is 6.62. The second-order valence-electron chi connectivity index (χ2n) is 9.39. The molecule has 0 aliphatic heterocycles. The van der Waals surface area contributed by atoms with E-state index in [2.05, 4.69) is 6.92 Å². The van der Waals surface area contributed by atoms with Gasteiger partial charge in [-0.1, -0.05) is 146 Å². The Balaban J connectivity index is 1.47. The van der Waals surface area contributed by atoms with Crippen LogP contribution in [0.1, 0.15) is 115 Å². The van der Waals surface area contributed by atoms with Crippen LogP contribution < -0.4 is 0 Å². The molecule has 2 heteroatoms. The molecule has 178 valence electrons. The highest BCUT2D eigenvalue weighted by Gasteiger charge is 2.12. The van der Waals surface area contributed by atoms with Crippen molar-refractivity contribution in [3.05, 3.63) is 48.0 Å². The summed E-state index contributed by atoms with van der Waals surface area (Å²) in [4.78, 5) is 0. The van der Waals surface area contributed by atoms with Crippen LogP contribution in [0.15, 0.2) is 42.5 Å². The topological polar surface area (TPSA) is 40.5 Å². The number of benzene rings is 2. The first kappa shape index (κ1) is 26.3. The van der Waals surface area contributed by atoms with Crippen molar-refractivity contribution >= 4 is 0 Å². The van der Waals surface area contributed by atoms with Crippen LogP contribution in [0, 0.1) is 0 Å². The number of aryl methyl sites for hydroxylation is 1. The van der Waals surface area contributed by atoms with E-state index in [4.69, 9.17) is 0 Å². The van der Waals surface area contributed by atoms with E-state index in [0.717, 1.165) is 24.0 Å². The quantitative estimate of drug-likeness (QED) is 0.180. The minimum Gasteiger partial charge on any atom is -0.504 e. The third kappa shape index (κ3) is 10.1. The number of phenolic OH excluding ortho intramolecular Hbond substituents is 2. The van der Waals surface area contributed by atoms with Gasteiger partial charge in [0.25, 0.3) is 0 Å². The van der Waals surface area contributed by atoms with E-state index in [1.54, 1.807) is 0 Å². The van der Waals surface area contributed by atoms with Crippen LogP contribution in [0.2, 0.25) is 0 Å². The highest BCUT2D eigenvalue weighted by Crippen LogP contribution is 2.39. The molecule has 0 fully saturated rings. The zero-order valence-electron chi connectivity index (χ0n) is 20.5. The molecule has 0 aliphatic carbocycles. The number of phenols is 2. The summed E-state index contributed by atoms with van der Waals surface area (Å²) in [5.74, 6) is 0.0532. The van der Waals surface area contributed by atoms with Gasteiger partial charge in [-0.15, -0.1) is 0 Å². The van der Waals surface area contributed by atoms with Gasteiger partial charge in [0, 0.05) is 5.56 Å². The molecule has 0 radical (unpaired) electrons. The lowest BCUT2D eigenvalue weighted by Crippen LogP contribution is -1.90. The van der Waals surface area contributed by atoms with Gasteiger partial charge >= 0.3 is 0 Å². The first-order chi connectivity index (χ1) is 15.7. The summed E-state index contributed by atoms with van der Waals surface area (Å²) in [5, 5.41) is 20.8. The molecule has 0 spiro atoms. The highest BCUT2D eigenvalue weighted by molar-refractivity contribution is 5.74. The van der Waals surface area contributed by atoms with E-state index < -0.39 is 0 Å². The smallest absolute Gasteiger partial charge is 0.165 e. The molecular weight excluding hydrogens is 392 g/mol. The van der Waals surface area contributed by atoms with Crippen LogP contribution in [-0.2, 0) is 6.42 Å². The fourth-order valence-corrected chi connectivity index (χ4v) is 4.54. The van der Waals surface area contributed by atoms with E-state index in [1.807, 2.05) is 42.5 Å². The van der Waals surface area contributed by atoms with E-state index >= 15 is 0 Å². The van der Waals surface area contributed by atoms with Crippen LogP contribution >= 0.6 is 0 Å². The molecule has 2 nitrogen and oxygen atoms in total. The second-order valence-corrected chi connectivity index (χ2v) is 9.39. The van der Waals surface area contributed by atoms with Crippen LogP contribution in [0.5, 0.6) is 11.5 Å². The minimum atomic E-state index is 0.00481. The first-order valence-corrected chi connectivity index (χ1v) is 13.3. The molecule has 0 aromatic heterocycles. The largest absolute Gasteiger partial charge is 0.504 e. The zero-order valence-corrected chi connectivity index (χ0v) is 20.5. The van der Waals surface area contributed by atoms with Crippen molar-refractivity contribution in [3.8, 4) is 22.6 Å². The standard InChI is InChI=1S/C30H46O2/c1-2-3-4-5-6-7-8-9-10-11-12-13-14-15-16-18-23-27-24-25-28(30(32)29(27)31)26-21-19-17-20-22-26/h17,19-22,24-25,31-32H,2-16,18,23H2,1H3. The molecule has 0 heterocycles.